The van der Waals surface area contributed by atoms with E-state index in [0.717, 1.165) is 0 Å². The number of aromatic nitrogens is 1. The van der Waals surface area contributed by atoms with Gasteiger partial charge in [0, 0.05) is 29.4 Å². The van der Waals surface area contributed by atoms with Crippen LogP contribution in [0.4, 0.5) is 0 Å². The number of nitrogens with one attached hydrogen (secondary N) is 1. The van der Waals surface area contributed by atoms with Gasteiger partial charge in [-0.15, -0.1) is 0 Å². The number of carbonyl (C=O) groups excluding carboxylic acids is 1. The smallest absolute Gasteiger partial charge is 0.349 e. The molecule has 0 bridgehead atoms. The standard InChI is InChI=1S/C16H11N3O4/c20-12-4-3-11-6-13(16(22)23-14(11)7-12)15(21)19-18-9-10-2-1-5-17-8-10/h1-9,20H,(H,19,21)/b18-9+. The summed E-state index contributed by atoms with van der Waals surface area (Å²) in [6.45, 7) is 0. The summed E-state index contributed by atoms with van der Waals surface area (Å²) in [4.78, 5) is 27.8. The Morgan fingerprint density at radius 1 is 1.30 bits per heavy atom. The number of phenolic OH excluding ortho intramolecular Hbond substituents is 1. The fraction of sp³-hybridized carbons (Fsp3) is 0. The molecule has 1 amide bonds. The average molecular weight is 309 g/mol. The first kappa shape index (κ1) is 14.5. The Morgan fingerprint density at radius 2 is 2.17 bits per heavy atom. The molecular formula is C16H11N3O4. The van der Waals surface area contributed by atoms with Crippen LogP contribution in [0.5, 0.6) is 5.75 Å². The van der Waals surface area contributed by atoms with Gasteiger partial charge in [0.15, 0.2) is 0 Å². The fourth-order valence-corrected chi connectivity index (χ4v) is 1.94. The largest absolute Gasteiger partial charge is 0.508 e. The molecule has 1 aromatic carbocycles. The van der Waals surface area contributed by atoms with Crippen molar-refractivity contribution in [2.75, 3.05) is 0 Å². The molecule has 2 aromatic heterocycles. The number of phenols is 1. The zero-order valence-electron chi connectivity index (χ0n) is 11.8. The minimum absolute atomic E-state index is 0.0288. The quantitative estimate of drug-likeness (QED) is 0.435. The molecule has 23 heavy (non-hydrogen) atoms. The molecule has 3 rings (SSSR count). The summed E-state index contributed by atoms with van der Waals surface area (Å²) in [5, 5.41) is 13.6. The normalized spacial score (nSPS) is 11.0. The number of fused-ring (bicyclic) bond motifs is 1. The van der Waals surface area contributed by atoms with Gasteiger partial charge in [-0.25, -0.2) is 10.2 Å². The first-order valence-corrected chi connectivity index (χ1v) is 6.64. The Morgan fingerprint density at radius 3 is 2.96 bits per heavy atom. The van der Waals surface area contributed by atoms with Crippen LogP contribution in [0, 0.1) is 0 Å². The van der Waals surface area contributed by atoms with Gasteiger partial charge >= 0.3 is 5.63 Å². The molecule has 0 fully saturated rings. The van der Waals surface area contributed by atoms with Crippen molar-refractivity contribution in [2.45, 2.75) is 0 Å². The lowest BCUT2D eigenvalue weighted by Gasteiger charge is -2.01. The zero-order chi connectivity index (χ0) is 16.2. The molecular weight excluding hydrogens is 298 g/mol. The Balaban J connectivity index is 1.83. The molecule has 3 aromatic rings. The lowest BCUT2D eigenvalue weighted by molar-refractivity contribution is 0.0951. The third-order valence-electron chi connectivity index (χ3n) is 3.03. The molecule has 2 heterocycles. The van der Waals surface area contributed by atoms with Gasteiger partial charge in [-0.05, 0) is 24.3 Å². The van der Waals surface area contributed by atoms with Crippen LogP contribution in [0.2, 0.25) is 0 Å². The van der Waals surface area contributed by atoms with Crippen molar-refractivity contribution in [3.8, 4) is 5.75 Å². The highest BCUT2D eigenvalue weighted by atomic mass is 16.4. The van der Waals surface area contributed by atoms with Gasteiger partial charge in [-0.2, -0.15) is 5.10 Å². The van der Waals surface area contributed by atoms with Crippen molar-refractivity contribution in [1.29, 1.82) is 0 Å². The van der Waals surface area contributed by atoms with Crippen molar-refractivity contribution in [3.05, 3.63) is 70.3 Å². The Kier molecular flexibility index (Phi) is 3.84. The number of amides is 1. The first-order chi connectivity index (χ1) is 11.1. The molecule has 0 radical (unpaired) electrons. The van der Waals surface area contributed by atoms with E-state index < -0.39 is 11.5 Å². The summed E-state index contributed by atoms with van der Waals surface area (Å²) >= 11 is 0. The number of benzene rings is 1. The van der Waals surface area contributed by atoms with Crippen LogP contribution in [-0.4, -0.2) is 22.2 Å². The second kappa shape index (κ2) is 6.10. The molecule has 0 spiro atoms. The van der Waals surface area contributed by atoms with E-state index in [9.17, 15) is 14.7 Å². The van der Waals surface area contributed by atoms with Gasteiger partial charge in [0.2, 0.25) is 0 Å². The monoisotopic (exact) mass is 309 g/mol. The summed E-state index contributed by atoms with van der Waals surface area (Å²) in [6, 6.07) is 9.17. The average Bonchev–Trinajstić information content (AvgIpc) is 2.55. The number of pyridine rings is 1. The summed E-state index contributed by atoms with van der Waals surface area (Å²) in [5.41, 5.74) is 2.18. The van der Waals surface area contributed by atoms with E-state index in [1.165, 1.54) is 24.4 Å². The van der Waals surface area contributed by atoms with Gasteiger partial charge in [0.05, 0.1) is 6.21 Å². The topological polar surface area (TPSA) is 105 Å². The third-order valence-corrected chi connectivity index (χ3v) is 3.03. The molecule has 0 saturated heterocycles. The van der Waals surface area contributed by atoms with E-state index >= 15 is 0 Å². The molecule has 0 aliphatic rings. The minimum Gasteiger partial charge on any atom is -0.508 e. The first-order valence-electron chi connectivity index (χ1n) is 6.64. The number of hydrazone groups is 1. The summed E-state index contributed by atoms with van der Waals surface area (Å²) < 4.78 is 5.02. The van der Waals surface area contributed by atoms with Crippen molar-refractivity contribution >= 4 is 23.1 Å². The number of aromatic hydroxyl groups is 1. The number of nitrogens with zero attached hydrogens (tertiary/aromatic N) is 2. The fourth-order valence-electron chi connectivity index (χ4n) is 1.94. The molecule has 0 unspecified atom stereocenters. The summed E-state index contributed by atoms with van der Waals surface area (Å²) in [5.74, 6) is -0.715. The zero-order valence-corrected chi connectivity index (χ0v) is 11.8. The van der Waals surface area contributed by atoms with Gasteiger partial charge in [0.1, 0.15) is 16.9 Å². The van der Waals surface area contributed by atoms with Crippen LogP contribution in [0.15, 0.2) is 63.1 Å². The van der Waals surface area contributed by atoms with Gasteiger partial charge in [-0.3, -0.25) is 9.78 Å². The van der Waals surface area contributed by atoms with Crippen LogP contribution < -0.4 is 11.1 Å². The molecule has 114 valence electrons. The lowest BCUT2D eigenvalue weighted by Crippen LogP contribution is -2.24. The highest BCUT2D eigenvalue weighted by Gasteiger charge is 2.13. The Bertz CT molecular complexity index is 948. The molecule has 0 aliphatic carbocycles. The van der Waals surface area contributed by atoms with Crippen LogP contribution in [0.3, 0.4) is 0 Å². The Hall–Kier alpha value is -3.48. The highest BCUT2D eigenvalue weighted by Crippen LogP contribution is 2.19. The number of hydrogen-bond acceptors (Lipinski definition) is 6. The minimum atomic E-state index is -0.808. The molecule has 7 nitrogen and oxygen atoms in total. The van der Waals surface area contributed by atoms with Gasteiger partial charge in [0.25, 0.3) is 5.91 Å². The van der Waals surface area contributed by atoms with Crippen LogP contribution in [0.1, 0.15) is 15.9 Å². The van der Waals surface area contributed by atoms with E-state index in [2.05, 4.69) is 15.5 Å². The SMILES string of the molecule is O=C(N/N=C/c1cccnc1)c1cc2ccc(O)cc2oc1=O. The predicted octanol–water partition coefficient (Wildman–Crippen LogP) is 1.66. The van der Waals surface area contributed by atoms with Crippen LogP contribution in [-0.2, 0) is 0 Å². The molecule has 0 aliphatic heterocycles. The number of hydrogen-bond donors (Lipinski definition) is 2. The summed E-state index contributed by atoms with van der Waals surface area (Å²) in [6.07, 6.45) is 4.60. The second-order valence-corrected chi connectivity index (χ2v) is 4.66. The van der Waals surface area contributed by atoms with E-state index in [4.69, 9.17) is 4.42 Å². The number of rotatable bonds is 3. The maximum atomic E-state index is 12.0. The molecule has 2 N–H and O–H groups in total. The maximum absolute atomic E-state index is 12.0. The molecule has 7 heteroatoms. The third kappa shape index (κ3) is 3.24. The highest BCUT2D eigenvalue weighted by molar-refractivity contribution is 5.97. The van der Waals surface area contributed by atoms with Crippen LogP contribution in [0.25, 0.3) is 11.0 Å². The van der Waals surface area contributed by atoms with E-state index in [1.54, 1.807) is 30.6 Å². The van der Waals surface area contributed by atoms with E-state index in [1.807, 2.05) is 0 Å². The number of carbonyl (C=O) groups is 1. The predicted molar refractivity (Wildman–Crippen MR) is 83.4 cm³/mol. The summed E-state index contributed by atoms with van der Waals surface area (Å²) in [7, 11) is 0. The Labute approximate surface area is 129 Å². The lowest BCUT2D eigenvalue weighted by atomic mass is 10.2. The van der Waals surface area contributed by atoms with Crippen molar-refractivity contribution in [2.24, 2.45) is 5.10 Å². The van der Waals surface area contributed by atoms with E-state index in [-0.39, 0.29) is 16.9 Å². The van der Waals surface area contributed by atoms with Crippen molar-refractivity contribution < 1.29 is 14.3 Å². The van der Waals surface area contributed by atoms with Gasteiger partial charge in [-0.1, -0.05) is 6.07 Å². The maximum Gasteiger partial charge on any atom is 0.349 e. The van der Waals surface area contributed by atoms with Crippen LogP contribution >= 0.6 is 0 Å². The second-order valence-electron chi connectivity index (χ2n) is 4.66. The molecule has 0 atom stereocenters. The van der Waals surface area contributed by atoms with Crippen molar-refractivity contribution in [3.63, 3.8) is 0 Å². The molecule has 0 saturated carbocycles. The van der Waals surface area contributed by atoms with E-state index in [0.29, 0.717) is 10.9 Å². The van der Waals surface area contributed by atoms with Gasteiger partial charge < -0.3 is 9.52 Å². The van der Waals surface area contributed by atoms with Crippen molar-refractivity contribution in [1.82, 2.24) is 10.4 Å².